The standard InChI is InChI=1S/C15H19N3O2S/c1-4-18(13-5-7-17-8-6-13)21(19,20)15-10-11(2)9-14(16)12(15)3/h5-10H,4,16H2,1-3H3. The van der Waals surface area contributed by atoms with Crippen molar-refractivity contribution in [1.29, 1.82) is 0 Å². The van der Waals surface area contributed by atoms with Gasteiger partial charge in [0.2, 0.25) is 0 Å². The van der Waals surface area contributed by atoms with Crippen LogP contribution in [0.2, 0.25) is 0 Å². The van der Waals surface area contributed by atoms with E-state index in [0.717, 1.165) is 5.56 Å². The fourth-order valence-electron chi connectivity index (χ4n) is 2.24. The van der Waals surface area contributed by atoms with Gasteiger partial charge in [-0.15, -0.1) is 0 Å². The Kier molecular flexibility index (Phi) is 4.18. The minimum atomic E-state index is -3.65. The molecule has 0 fully saturated rings. The molecular weight excluding hydrogens is 286 g/mol. The summed E-state index contributed by atoms with van der Waals surface area (Å²) >= 11 is 0. The Labute approximate surface area is 125 Å². The summed E-state index contributed by atoms with van der Waals surface area (Å²) in [5.41, 5.74) is 8.38. The van der Waals surface area contributed by atoms with Gasteiger partial charge < -0.3 is 5.73 Å². The number of hydrogen-bond acceptors (Lipinski definition) is 4. The average Bonchev–Trinajstić information content (AvgIpc) is 2.44. The molecule has 2 N–H and O–H groups in total. The number of rotatable bonds is 4. The Morgan fingerprint density at radius 2 is 1.81 bits per heavy atom. The van der Waals surface area contributed by atoms with E-state index in [2.05, 4.69) is 4.98 Å². The topological polar surface area (TPSA) is 76.3 Å². The average molecular weight is 305 g/mol. The minimum Gasteiger partial charge on any atom is -0.398 e. The molecule has 21 heavy (non-hydrogen) atoms. The Balaban J connectivity index is 2.61. The molecule has 6 heteroatoms. The van der Waals surface area contributed by atoms with Crippen molar-refractivity contribution in [3.63, 3.8) is 0 Å². The van der Waals surface area contributed by atoms with Crippen LogP contribution in [0.3, 0.4) is 0 Å². The summed E-state index contributed by atoms with van der Waals surface area (Å²) in [6.07, 6.45) is 3.15. The van der Waals surface area contributed by atoms with Gasteiger partial charge in [0.05, 0.1) is 10.6 Å². The quantitative estimate of drug-likeness (QED) is 0.881. The molecule has 112 valence electrons. The van der Waals surface area contributed by atoms with E-state index in [9.17, 15) is 8.42 Å². The number of aryl methyl sites for hydroxylation is 1. The molecule has 0 aliphatic heterocycles. The highest BCUT2D eigenvalue weighted by Crippen LogP contribution is 2.28. The molecule has 2 aromatic rings. The SMILES string of the molecule is CCN(c1ccncc1)S(=O)(=O)c1cc(C)cc(N)c1C. The number of nitrogen functional groups attached to an aromatic ring is 1. The summed E-state index contributed by atoms with van der Waals surface area (Å²) in [4.78, 5) is 4.17. The Hall–Kier alpha value is -2.08. The van der Waals surface area contributed by atoms with E-state index < -0.39 is 10.0 Å². The van der Waals surface area contributed by atoms with Gasteiger partial charge in [-0.3, -0.25) is 9.29 Å². The number of hydrogen-bond donors (Lipinski definition) is 1. The molecule has 1 aromatic heterocycles. The first-order chi connectivity index (χ1) is 9.87. The molecule has 0 bridgehead atoms. The van der Waals surface area contributed by atoms with Gasteiger partial charge in [0.25, 0.3) is 10.0 Å². The lowest BCUT2D eigenvalue weighted by Crippen LogP contribution is -2.31. The maximum Gasteiger partial charge on any atom is 0.264 e. The maximum absolute atomic E-state index is 12.9. The van der Waals surface area contributed by atoms with Crippen molar-refractivity contribution in [2.45, 2.75) is 25.7 Å². The van der Waals surface area contributed by atoms with E-state index in [0.29, 0.717) is 23.5 Å². The molecule has 1 heterocycles. The van der Waals surface area contributed by atoms with Crippen LogP contribution in [0, 0.1) is 13.8 Å². The molecule has 0 unspecified atom stereocenters. The molecule has 0 radical (unpaired) electrons. The van der Waals surface area contributed by atoms with Crippen molar-refractivity contribution in [2.75, 3.05) is 16.6 Å². The van der Waals surface area contributed by atoms with Crippen LogP contribution in [-0.4, -0.2) is 19.9 Å². The van der Waals surface area contributed by atoms with E-state index in [1.165, 1.54) is 4.31 Å². The Bertz CT molecular complexity index is 743. The van der Waals surface area contributed by atoms with Crippen molar-refractivity contribution in [2.24, 2.45) is 0 Å². The first-order valence-corrected chi connectivity index (χ1v) is 8.11. The summed E-state index contributed by atoms with van der Waals surface area (Å²) in [6.45, 7) is 5.69. The number of anilines is 2. The summed E-state index contributed by atoms with van der Waals surface area (Å²) in [5.74, 6) is 0. The van der Waals surface area contributed by atoms with Gasteiger partial charge in [0.1, 0.15) is 0 Å². The molecule has 0 saturated carbocycles. The van der Waals surface area contributed by atoms with Crippen molar-refractivity contribution in [3.8, 4) is 0 Å². The zero-order chi connectivity index (χ0) is 15.6. The molecule has 2 rings (SSSR count). The number of aromatic nitrogens is 1. The van der Waals surface area contributed by atoms with Crippen LogP contribution in [0.25, 0.3) is 0 Å². The Morgan fingerprint density at radius 1 is 1.19 bits per heavy atom. The third kappa shape index (κ3) is 2.85. The Morgan fingerprint density at radius 3 is 2.38 bits per heavy atom. The zero-order valence-electron chi connectivity index (χ0n) is 12.4. The van der Waals surface area contributed by atoms with Gasteiger partial charge in [0.15, 0.2) is 0 Å². The highest BCUT2D eigenvalue weighted by Gasteiger charge is 2.26. The van der Waals surface area contributed by atoms with Gasteiger partial charge in [-0.05, 0) is 56.2 Å². The fourth-order valence-corrected chi connectivity index (χ4v) is 4.06. The highest BCUT2D eigenvalue weighted by molar-refractivity contribution is 7.92. The first-order valence-electron chi connectivity index (χ1n) is 6.67. The van der Waals surface area contributed by atoms with E-state index in [1.807, 2.05) is 6.92 Å². The lowest BCUT2D eigenvalue weighted by molar-refractivity contribution is 0.591. The highest BCUT2D eigenvalue weighted by atomic mass is 32.2. The summed E-state index contributed by atoms with van der Waals surface area (Å²) in [5, 5.41) is 0. The van der Waals surface area contributed by atoms with E-state index >= 15 is 0 Å². The van der Waals surface area contributed by atoms with Gasteiger partial charge in [-0.2, -0.15) is 0 Å². The lowest BCUT2D eigenvalue weighted by Gasteiger charge is -2.24. The zero-order valence-corrected chi connectivity index (χ0v) is 13.2. The smallest absolute Gasteiger partial charge is 0.264 e. The number of nitrogens with two attached hydrogens (primary N) is 1. The number of benzene rings is 1. The van der Waals surface area contributed by atoms with Gasteiger partial charge in [-0.25, -0.2) is 8.42 Å². The monoisotopic (exact) mass is 305 g/mol. The maximum atomic E-state index is 12.9. The molecular formula is C15H19N3O2S. The molecule has 0 atom stereocenters. The van der Waals surface area contributed by atoms with Gasteiger partial charge >= 0.3 is 0 Å². The summed E-state index contributed by atoms with van der Waals surface area (Å²) < 4.78 is 27.2. The van der Waals surface area contributed by atoms with Crippen LogP contribution in [0.5, 0.6) is 0 Å². The van der Waals surface area contributed by atoms with E-state index in [1.54, 1.807) is 50.5 Å². The van der Waals surface area contributed by atoms with Crippen molar-refractivity contribution < 1.29 is 8.42 Å². The van der Waals surface area contributed by atoms with Gasteiger partial charge in [0, 0.05) is 24.6 Å². The van der Waals surface area contributed by atoms with Crippen LogP contribution in [0.15, 0.2) is 41.6 Å². The van der Waals surface area contributed by atoms with Crippen LogP contribution in [0.1, 0.15) is 18.1 Å². The predicted molar refractivity (Wildman–Crippen MR) is 84.8 cm³/mol. The van der Waals surface area contributed by atoms with E-state index in [4.69, 9.17) is 5.73 Å². The predicted octanol–water partition coefficient (Wildman–Crippen LogP) is 2.50. The van der Waals surface area contributed by atoms with Crippen molar-refractivity contribution in [1.82, 2.24) is 4.98 Å². The summed E-state index contributed by atoms with van der Waals surface area (Å²) in [7, 11) is -3.65. The van der Waals surface area contributed by atoms with Crippen LogP contribution < -0.4 is 10.0 Å². The van der Waals surface area contributed by atoms with Gasteiger partial charge in [-0.1, -0.05) is 0 Å². The fraction of sp³-hybridized carbons (Fsp3) is 0.267. The molecule has 0 aliphatic carbocycles. The van der Waals surface area contributed by atoms with Crippen molar-refractivity contribution in [3.05, 3.63) is 47.8 Å². The molecule has 5 nitrogen and oxygen atoms in total. The largest absolute Gasteiger partial charge is 0.398 e. The number of nitrogens with zero attached hydrogens (tertiary/aromatic N) is 2. The first kappa shape index (κ1) is 15.3. The van der Waals surface area contributed by atoms with Crippen LogP contribution in [-0.2, 0) is 10.0 Å². The second kappa shape index (κ2) is 5.73. The normalized spacial score (nSPS) is 11.4. The lowest BCUT2D eigenvalue weighted by atomic mass is 10.1. The molecule has 0 saturated heterocycles. The van der Waals surface area contributed by atoms with Crippen LogP contribution in [0.4, 0.5) is 11.4 Å². The third-order valence-corrected chi connectivity index (χ3v) is 5.38. The second-order valence-corrected chi connectivity index (χ2v) is 6.68. The molecule has 0 amide bonds. The minimum absolute atomic E-state index is 0.249. The molecule has 0 aliphatic rings. The number of pyridine rings is 1. The molecule has 1 aromatic carbocycles. The second-order valence-electron chi connectivity index (χ2n) is 4.85. The molecule has 0 spiro atoms. The summed E-state index contributed by atoms with van der Waals surface area (Å²) in [6, 6.07) is 6.78. The third-order valence-electron chi connectivity index (χ3n) is 3.35. The van der Waals surface area contributed by atoms with E-state index in [-0.39, 0.29) is 4.90 Å². The number of sulfonamides is 1. The van der Waals surface area contributed by atoms with Crippen molar-refractivity contribution >= 4 is 21.4 Å². The van der Waals surface area contributed by atoms with Crippen LogP contribution >= 0.6 is 0 Å².